The summed E-state index contributed by atoms with van der Waals surface area (Å²) in [5.41, 5.74) is 0.296. The van der Waals surface area contributed by atoms with Crippen LogP contribution >= 0.6 is 11.3 Å². The van der Waals surface area contributed by atoms with Crippen LogP contribution in [0.4, 0.5) is 6.01 Å². The normalized spacial score (nSPS) is 20.2. The number of rotatable bonds is 5. The molecule has 1 fully saturated rings. The van der Waals surface area contributed by atoms with E-state index in [0.717, 1.165) is 11.3 Å². The van der Waals surface area contributed by atoms with Crippen LogP contribution < -0.4 is 5.32 Å². The Kier molecular flexibility index (Phi) is 5.72. The molecule has 1 saturated heterocycles. The summed E-state index contributed by atoms with van der Waals surface area (Å²) < 4.78 is 32.9. The fourth-order valence-corrected chi connectivity index (χ4v) is 6.00. The Balaban J connectivity index is 1.46. The zero-order valence-corrected chi connectivity index (χ0v) is 18.2. The van der Waals surface area contributed by atoms with E-state index >= 15 is 0 Å². The number of benzene rings is 1. The summed E-state index contributed by atoms with van der Waals surface area (Å²) in [6.45, 7) is 5.15. The Morgan fingerprint density at radius 2 is 1.83 bits per heavy atom. The molecule has 0 radical (unpaired) electrons. The topological polar surface area (TPSA) is 105 Å². The minimum Gasteiger partial charge on any atom is -0.402 e. The van der Waals surface area contributed by atoms with Gasteiger partial charge in [0.1, 0.15) is 0 Å². The van der Waals surface area contributed by atoms with E-state index in [9.17, 15) is 13.2 Å². The van der Waals surface area contributed by atoms with E-state index in [1.807, 2.05) is 17.5 Å². The summed E-state index contributed by atoms with van der Waals surface area (Å²) >= 11 is 1.45. The predicted molar refractivity (Wildman–Crippen MR) is 114 cm³/mol. The van der Waals surface area contributed by atoms with E-state index in [2.05, 4.69) is 29.4 Å². The zero-order chi connectivity index (χ0) is 21.3. The molecule has 8 nitrogen and oxygen atoms in total. The number of nitrogens with one attached hydrogen (secondary N) is 1. The lowest BCUT2D eigenvalue weighted by atomic mass is 9.94. The first kappa shape index (κ1) is 20.7. The van der Waals surface area contributed by atoms with Crippen LogP contribution in [0.25, 0.3) is 10.8 Å². The molecule has 10 heteroatoms. The van der Waals surface area contributed by atoms with Crippen molar-refractivity contribution in [3.05, 3.63) is 47.3 Å². The average molecular weight is 447 g/mol. The summed E-state index contributed by atoms with van der Waals surface area (Å²) in [6.07, 6.45) is 1.02. The Labute approximate surface area is 179 Å². The standard InChI is InChI=1S/C20H22N4O4S2/c1-13-10-14(2)12-24(11-13)30(26,27)16-7-5-15(6-8-16)18(25)21-20-23-22-19(28-20)17-4-3-9-29-17/h3-9,13-14H,10-12H2,1-2H3,(H,21,23,25)/t13-,14-/m0/s1. The number of piperidine rings is 1. The van der Waals surface area contributed by atoms with E-state index in [4.69, 9.17) is 4.42 Å². The van der Waals surface area contributed by atoms with Gasteiger partial charge in [0.15, 0.2) is 0 Å². The number of hydrogen-bond donors (Lipinski definition) is 1. The van der Waals surface area contributed by atoms with Crippen LogP contribution in [0.5, 0.6) is 0 Å². The third-order valence-electron chi connectivity index (χ3n) is 4.97. The molecule has 0 spiro atoms. The Morgan fingerprint density at radius 3 is 2.47 bits per heavy atom. The third kappa shape index (κ3) is 4.30. The smallest absolute Gasteiger partial charge is 0.322 e. The van der Waals surface area contributed by atoms with Crippen molar-refractivity contribution >= 4 is 33.3 Å². The van der Waals surface area contributed by atoms with Gasteiger partial charge in [-0.2, -0.15) is 4.31 Å². The van der Waals surface area contributed by atoms with Crippen LogP contribution in [0, 0.1) is 11.8 Å². The van der Waals surface area contributed by atoms with Crippen molar-refractivity contribution < 1.29 is 17.6 Å². The molecule has 3 heterocycles. The molecule has 0 aliphatic carbocycles. The first-order chi connectivity index (χ1) is 14.3. The maximum absolute atomic E-state index is 13.0. The Hall–Kier alpha value is -2.56. The Morgan fingerprint density at radius 1 is 1.13 bits per heavy atom. The van der Waals surface area contributed by atoms with Gasteiger partial charge < -0.3 is 4.42 Å². The second kappa shape index (κ2) is 8.29. The number of aromatic nitrogens is 2. The van der Waals surface area contributed by atoms with Gasteiger partial charge in [-0.3, -0.25) is 10.1 Å². The van der Waals surface area contributed by atoms with Crippen LogP contribution in [0.15, 0.2) is 51.1 Å². The lowest BCUT2D eigenvalue weighted by molar-refractivity contribution is 0.102. The van der Waals surface area contributed by atoms with E-state index < -0.39 is 15.9 Å². The molecule has 1 N–H and O–H groups in total. The summed E-state index contributed by atoms with van der Waals surface area (Å²) in [5.74, 6) is 0.511. The molecule has 30 heavy (non-hydrogen) atoms. The molecular formula is C20H22N4O4S2. The van der Waals surface area contributed by atoms with Crippen LogP contribution in [0.2, 0.25) is 0 Å². The Bertz CT molecular complexity index is 1110. The van der Waals surface area contributed by atoms with Crippen molar-refractivity contribution in [2.24, 2.45) is 11.8 Å². The van der Waals surface area contributed by atoms with Crippen molar-refractivity contribution in [1.29, 1.82) is 0 Å². The number of thiophene rings is 1. The van der Waals surface area contributed by atoms with Crippen LogP contribution in [-0.4, -0.2) is 41.9 Å². The van der Waals surface area contributed by atoms with Gasteiger partial charge in [-0.05, 0) is 54.0 Å². The molecule has 158 valence electrons. The number of carbonyl (C=O) groups excluding carboxylic acids is 1. The van der Waals surface area contributed by atoms with Crippen molar-refractivity contribution in [1.82, 2.24) is 14.5 Å². The zero-order valence-electron chi connectivity index (χ0n) is 16.6. The minimum absolute atomic E-state index is 0.0172. The molecule has 1 amide bonds. The molecule has 1 aliphatic rings. The van der Waals surface area contributed by atoms with Gasteiger partial charge in [0, 0.05) is 18.7 Å². The molecule has 0 unspecified atom stereocenters. The van der Waals surface area contributed by atoms with E-state index in [1.165, 1.54) is 39.9 Å². The molecule has 2 aromatic heterocycles. The van der Waals surface area contributed by atoms with E-state index in [1.54, 1.807) is 0 Å². The molecular weight excluding hydrogens is 424 g/mol. The van der Waals surface area contributed by atoms with Crippen molar-refractivity contribution in [3.63, 3.8) is 0 Å². The first-order valence-electron chi connectivity index (χ1n) is 9.62. The fourth-order valence-electron chi connectivity index (χ4n) is 3.67. The van der Waals surface area contributed by atoms with E-state index in [0.29, 0.717) is 36.4 Å². The summed E-state index contributed by atoms with van der Waals surface area (Å²) in [7, 11) is -3.59. The second-order valence-corrected chi connectivity index (χ2v) is 10.5. The maximum atomic E-state index is 13.0. The lowest BCUT2D eigenvalue weighted by Gasteiger charge is -2.34. The first-order valence-corrected chi connectivity index (χ1v) is 11.9. The van der Waals surface area contributed by atoms with Gasteiger partial charge >= 0.3 is 6.01 Å². The predicted octanol–water partition coefficient (Wildman–Crippen LogP) is 3.72. The maximum Gasteiger partial charge on any atom is 0.322 e. The molecule has 2 atom stereocenters. The second-order valence-electron chi connectivity index (χ2n) is 7.64. The average Bonchev–Trinajstić information content (AvgIpc) is 3.39. The van der Waals surface area contributed by atoms with Gasteiger partial charge in [-0.15, -0.1) is 16.4 Å². The third-order valence-corrected chi connectivity index (χ3v) is 7.67. The van der Waals surface area contributed by atoms with Crippen LogP contribution in [-0.2, 0) is 10.0 Å². The molecule has 0 saturated carbocycles. The highest BCUT2D eigenvalue weighted by molar-refractivity contribution is 7.89. The molecule has 0 bridgehead atoms. The summed E-state index contributed by atoms with van der Waals surface area (Å²) in [6, 6.07) is 9.57. The summed E-state index contributed by atoms with van der Waals surface area (Å²) in [4.78, 5) is 13.4. The van der Waals surface area contributed by atoms with Crippen molar-refractivity contribution in [2.75, 3.05) is 18.4 Å². The number of nitrogens with zero attached hydrogens (tertiary/aromatic N) is 3. The molecule has 3 aromatic rings. The molecule has 1 aliphatic heterocycles. The highest BCUT2D eigenvalue weighted by Crippen LogP contribution is 2.27. The van der Waals surface area contributed by atoms with E-state index in [-0.39, 0.29) is 10.9 Å². The highest BCUT2D eigenvalue weighted by Gasteiger charge is 2.31. The minimum atomic E-state index is -3.59. The highest BCUT2D eigenvalue weighted by atomic mass is 32.2. The number of amides is 1. The number of hydrogen-bond acceptors (Lipinski definition) is 7. The van der Waals surface area contributed by atoms with Crippen molar-refractivity contribution in [2.45, 2.75) is 25.2 Å². The van der Waals surface area contributed by atoms with Gasteiger partial charge in [-0.25, -0.2) is 8.42 Å². The van der Waals surface area contributed by atoms with Gasteiger partial charge in [0.2, 0.25) is 10.0 Å². The monoisotopic (exact) mass is 446 g/mol. The number of sulfonamides is 1. The SMILES string of the molecule is C[C@H]1C[C@H](C)CN(S(=O)(=O)c2ccc(C(=O)Nc3nnc(-c4cccs4)o3)cc2)C1. The largest absolute Gasteiger partial charge is 0.402 e. The van der Waals surface area contributed by atoms with Crippen LogP contribution in [0.3, 0.4) is 0 Å². The van der Waals surface area contributed by atoms with Crippen LogP contribution in [0.1, 0.15) is 30.6 Å². The fraction of sp³-hybridized carbons (Fsp3) is 0.350. The summed E-state index contributed by atoms with van der Waals surface area (Å²) in [5, 5.41) is 12.2. The van der Waals surface area contributed by atoms with Gasteiger partial charge in [0.25, 0.3) is 11.8 Å². The quantitative estimate of drug-likeness (QED) is 0.640. The number of carbonyl (C=O) groups is 1. The molecule has 4 rings (SSSR count). The van der Waals surface area contributed by atoms with Crippen molar-refractivity contribution in [3.8, 4) is 10.8 Å². The lowest BCUT2D eigenvalue weighted by Crippen LogP contribution is -2.42. The van der Waals surface area contributed by atoms with Gasteiger partial charge in [-0.1, -0.05) is 25.0 Å². The van der Waals surface area contributed by atoms with Gasteiger partial charge in [0.05, 0.1) is 9.77 Å². The molecule has 1 aromatic carbocycles. The number of anilines is 1.